The highest BCUT2D eigenvalue weighted by Crippen LogP contribution is 2.11. The van der Waals surface area contributed by atoms with Gasteiger partial charge in [0.15, 0.2) is 0 Å². The van der Waals surface area contributed by atoms with Crippen LogP contribution in [0.15, 0.2) is 54.6 Å². The molecule has 2 aromatic carbocycles. The molecule has 7 heteroatoms. The first-order valence-corrected chi connectivity index (χ1v) is 7.50. The molecule has 2 amide bonds. The van der Waals surface area contributed by atoms with E-state index in [2.05, 4.69) is 5.32 Å². The predicted octanol–water partition coefficient (Wildman–Crippen LogP) is 2.59. The lowest BCUT2D eigenvalue weighted by Gasteiger charge is -2.16. The molecule has 2 aromatic rings. The van der Waals surface area contributed by atoms with Crippen LogP contribution in [0.1, 0.15) is 15.9 Å². The highest BCUT2D eigenvalue weighted by Gasteiger charge is 2.15. The molecule has 0 unspecified atom stereocenters. The number of hydrogen-bond acceptors (Lipinski definition) is 4. The fourth-order valence-corrected chi connectivity index (χ4v) is 2.04. The summed E-state index contributed by atoms with van der Waals surface area (Å²) in [6.07, 6.45) is -0.627. The summed E-state index contributed by atoms with van der Waals surface area (Å²) in [7, 11) is 1.45. The minimum Gasteiger partial charge on any atom is -0.478 e. The Kier molecular flexibility index (Phi) is 6.11. The summed E-state index contributed by atoms with van der Waals surface area (Å²) in [4.78, 5) is 35.9. The summed E-state index contributed by atoms with van der Waals surface area (Å²) < 4.78 is 5.12. The molecule has 0 saturated heterocycles. The van der Waals surface area contributed by atoms with Gasteiger partial charge in [-0.05, 0) is 23.8 Å². The monoisotopic (exact) mass is 342 g/mol. The first-order valence-electron chi connectivity index (χ1n) is 7.50. The highest BCUT2D eigenvalue weighted by molar-refractivity contribution is 5.95. The van der Waals surface area contributed by atoms with Gasteiger partial charge in [0.05, 0.1) is 5.56 Å². The number of nitrogens with zero attached hydrogens (tertiary/aromatic N) is 1. The van der Waals surface area contributed by atoms with Crippen molar-refractivity contribution in [3.8, 4) is 0 Å². The van der Waals surface area contributed by atoms with Gasteiger partial charge in [0.1, 0.15) is 13.2 Å². The number of carbonyl (C=O) groups is 3. The lowest BCUT2D eigenvalue weighted by molar-refractivity contribution is -0.116. The van der Waals surface area contributed by atoms with E-state index in [9.17, 15) is 14.4 Å². The van der Waals surface area contributed by atoms with Crippen LogP contribution in [-0.4, -0.2) is 41.6 Å². The van der Waals surface area contributed by atoms with Crippen molar-refractivity contribution in [3.63, 3.8) is 0 Å². The minimum atomic E-state index is -1.09. The number of hydrogen-bond donors (Lipinski definition) is 2. The molecule has 0 aliphatic carbocycles. The molecule has 0 fully saturated rings. The molecular formula is C18H18N2O5. The van der Waals surface area contributed by atoms with Gasteiger partial charge < -0.3 is 20.1 Å². The molecule has 0 atom stereocenters. The Morgan fingerprint density at radius 2 is 1.80 bits per heavy atom. The van der Waals surface area contributed by atoms with Crippen LogP contribution in [0.5, 0.6) is 0 Å². The molecule has 0 bridgehead atoms. The van der Waals surface area contributed by atoms with Crippen molar-refractivity contribution in [1.29, 1.82) is 0 Å². The lowest BCUT2D eigenvalue weighted by Crippen LogP contribution is -2.35. The number of aromatic carboxylic acids is 1. The van der Waals surface area contributed by atoms with Crippen LogP contribution in [0.3, 0.4) is 0 Å². The van der Waals surface area contributed by atoms with E-state index in [1.807, 2.05) is 30.3 Å². The van der Waals surface area contributed by atoms with Gasteiger partial charge in [0.2, 0.25) is 5.91 Å². The molecule has 25 heavy (non-hydrogen) atoms. The van der Waals surface area contributed by atoms with Gasteiger partial charge in [-0.25, -0.2) is 9.59 Å². The molecule has 0 spiro atoms. The summed E-state index contributed by atoms with van der Waals surface area (Å²) in [5.41, 5.74) is 1.25. The number of carboxylic acids is 1. The van der Waals surface area contributed by atoms with Gasteiger partial charge in [-0.1, -0.05) is 36.4 Å². The van der Waals surface area contributed by atoms with E-state index in [0.717, 1.165) is 10.5 Å². The van der Waals surface area contributed by atoms with E-state index in [-0.39, 0.29) is 18.7 Å². The van der Waals surface area contributed by atoms with Gasteiger partial charge in [-0.2, -0.15) is 0 Å². The van der Waals surface area contributed by atoms with E-state index in [4.69, 9.17) is 9.84 Å². The highest BCUT2D eigenvalue weighted by atomic mass is 16.6. The fourth-order valence-electron chi connectivity index (χ4n) is 2.04. The van der Waals surface area contributed by atoms with Crippen LogP contribution in [0, 0.1) is 0 Å². The number of anilines is 1. The van der Waals surface area contributed by atoms with Crippen molar-refractivity contribution in [2.75, 3.05) is 18.9 Å². The number of rotatable bonds is 6. The first kappa shape index (κ1) is 18.0. The smallest absolute Gasteiger partial charge is 0.410 e. The Labute approximate surface area is 144 Å². The standard InChI is InChI=1S/C18H18N2O5/c1-20(18(24)25-12-13-6-3-2-4-7-13)11-16(21)19-15-9-5-8-14(10-15)17(22)23/h2-10H,11-12H2,1H3,(H,19,21)(H,22,23). The van der Waals surface area contributed by atoms with E-state index < -0.39 is 18.0 Å². The number of benzene rings is 2. The first-order chi connectivity index (χ1) is 12.0. The molecule has 2 N–H and O–H groups in total. The van der Waals surface area contributed by atoms with Gasteiger partial charge in [-0.3, -0.25) is 4.79 Å². The fraction of sp³-hybridized carbons (Fsp3) is 0.167. The summed E-state index contributed by atoms with van der Waals surface area (Å²) in [5, 5.41) is 11.5. The van der Waals surface area contributed by atoms with E-state index in [1.54, 1.807) is 6.07 Å². The summed E-state index contributed by atoms with van der Waals surface area (Å²) in [5.74, 6) is -1.54. The zero-order valence-corrected chi connectivity index (χ0v) is 13.6. The molecule has 0 aliphatic rings. The number of ether oxygens (including phenoxy) is 1. The number of nitrogens with one attached hydrogen (secondary N) is 1. The van der Waals surface area contributed by atoms with Gasteiger partial charge in [0, 0.05) is 12.7 Å². The van der Waals surface area contributed by atoms with Crippen LogP contribution < -0.4 is 5.32 Å². The third-order valence-electron chi connectivity index (χ3n) is 3.29. The Morgan fingerprint density at radius 1 is 1.08 bits per heavy atom. The minimum absolute atomic E-state index is 0.0634. The molecule has 0 heterocycles. The number of likely N-dealkylation sites (N-methyl/N-ethyl adjacent to an activating group) is 1. The maximum absolute atomic E-state index is 12.0. The molecule has 7 nitrogen and oxygen atoms in total. The van der Waals surface area contributed by atoms with E-state index >= 15 is 0 Å². The average molecular weight is 342 g/mol. The Balaban J connectivity index is 1.83. The number of carbonyl (C=O) groups excluding carboxylic acids is 2. The Hall–Kier alpha value is -3.35. The molecule has 130 valence electrons. The van der Waals surface area contributed by atoms with Crippen LogP contribution >= 0.6 is 0 Å². The lowest BCUT2D eigenvalue weighted by atomic mass is 10.2. The zero-order valence-electron chi connectivity index (χ0n) is 13.6. The second-order valence-electron chi connectivity index (χ2n) is 5.33. The second-order valence-corrected chi connectivity index (χ2v) is 5.33. The molecule has 2 rings (SSSR count). The second kappa shape index (κ2) is 8.49. The summed E-state index contributed by atoms with van der Waals surface area (Å²) in [6.45, 7) is -0.1000. The predicted molar refractivity (Wildman–Crippen MR) is 91.3 cm³/mol. The largest absolute Gasteiger partial charge is 0.478 e. The summed E-state index contributed by atoms with van der Waals surface area (Å²) >= 11 is 0. The van der Waals surface area contributed by atoms with Gasteiger partial charge >= 0.3 is 12.1 Å². The molecule has 0 radical (unpaired) electrons. The van der Waals surface area contributed by atoms with Crippen molar-refractivity contribution in [2.45, 2.75) is 6.61 Å². The summed E-state index contributed by atoms with van der Waals surface area (Å²) in [6, 6.07) is 15.1. The van der Waals surface area contributed by atoms with Crippen LogP contribution in [-0.2, 0) is 16.1 Å². The Morgan fingerprint density at radius 3 is 2.48 bits per heavy atom. The average Bonchev–Trinajstić information content (AvgIpc) is 2.60. The third kappa shape index (κ3) is 5.65. The van der Waals surface area contributed by atoms with Crippen molar-refractivity contribution in [2.24, 2.45) is 0 Å². The number of amides is 2. The maximum atomic E-state index is 12.0. The molecule has 0 aromatic heterocycles. The number of carboxylic acid groups (broad SMARTS) is 1. The third-order valence-corrected chi connectivity index (χ3v) is 3.29. The van der Waals surface area contributed by atoms with Crippen molar-refractivity contribution >= 4 is 23.7 Å². The zero-order chi connectivity index (χ0) is 18.2. The van der Waals surface area contributed by atoms with Gasteiger partial charge in [0.25, 0.3) is 0 Å². The van der Waals surface area contributed by atoms with E-state index in [1.165, 1.54) is 25.2 Å². The van der Waals surface area contributed by atoms with Gasteiger partial charge in [-0.15, -0.1) is 0 Å². The molecule has 0 saturated carbocycles. The molecular weight excluding hydrogens is 324 g/mol. The quantitative estimate of drug-likeness (QED) is 0.841. The Bertz CT molecular complexity index is 761. The normalized spacial score (nSPS) is 9.96. The van der Waals surface area contributed by atoms with Crippen molar-refractivity contribution in [3.05, 3.63) is 65.7 Å². The topological polar surface area (TPSA) is 95.9 Å². The SMILES string of the molecule is CN(CC(=O)Nc1cccc(C(=O)O)c1)C(=O)OCc1ccccc1. The van der Waals surface area contributed by atoms with Crippen molar-refractivity contribution in [1.82, 2.24) is 4.90 Å². The van der Waals surface area contributed by atoms with E-state index in [0.29, 0.717) is 5.69 Å². The van der Waals surface area contributed by atoms with Crippen LogP contribution in [0.25, 0.3) is 0 Å². The van der Waals surface area contributed by atoms with Crippen LogP contribution in [0.2, 0.25) is 0 Å². The van der Waals surface area contributed by atoms with Crippen LogP contribution in [0.4, 0.5) is 10.5 Å². The van der Waals surface area contributed by atoms with Crippen molar-refractivity contribution < 1.29 is 24.2 Å². The maximum Gasteiger partial charge on any atom is 0.410 e. The molecule has 0 aliphatic heterocycles.